The van der Waals surface area contributed by atoms with Gasteiger partial charge in [0.1, 0.15) is 24.7 Å². The number of carbonyl (C=O) groups excluding carboxylic acids is 1. The number of halogens is 1. The van der Waals surface area contributed by atoms with E-state index in [1.54, 1.807) is 48.9 Å². The zero-order valence-electron chi connectivity index (χ0n) is 26.9. The third-order valence-corrected chi connectivity index (χ3v) is 9.51. The predicted octanol–water partition coefficient (Wildman–Crippen LogP) is 6.69. The normalized spacial score (nSPS) is 14.3. The Balaban J connectivity index is 1.30. The van der Waals surface area contributed by atoms with E-state index in [4.69, 9.17) is 23.9 Å². The Labute approximate surface area is 290 Å². The first kappa shape index (κ1) is 33.0. The highest BCUT2D eigenvalue weighted by molar-refractivity contribution is 9.10. The number of carbonyl (C=O) groups is 1. The van der Waals surface area contributed by atoms with Crippen LogP contribution in [0.3, 0.4) is 0 Å². The molecule has 5 aromatic rings. The molecule has 1 aliphatic heterocycles. The van der Waals surface area contributed by atoms with Crippen LogP contribution in [0.5, 0.6) is 23.0 Å². The first-order chi connectivity index (χ1) is 23.2. The number of aromatic nitrogens is 1. The Bertz CT molecular complexity index is 2190. The van der Waals surface area contributed by atoms with E-state index < -0.39 is 12.0 Å². The molecule has 48 heavy (non-hydrogen) atoms. The van der Waals surface area contributed by atoms with Crippen LogP contribution in [0.1, 0.15) is 35.2 Å². The van der Waals surface area contributed by atoms with E-state index in [0.29, 0.717) is 55.5 Å². The third-order valence-electron chi connectivity index (χ3n) is 7.94. The van der Waals surface area contributed by atoms with E-state index in [9.17, 15) is 9.59 Å². The van der Waals surface area contributed by atoms with Gasteiger partial charge in [-0.1, -0.05) is 65.9 Å². The van der Waals surface area contributed by atoms with Gasteiger partial charge in [-0.25, -0.2) is 9.79 Å². The molecule has 8 nitrogen and oxygen atoms in total. The Kier molecular flexibility index (Phi) is 9.93. The lowest BCUT2D eigenvalue weighted by Gasteiger charge is -2.24. The summed E-state index contributed by atoms with van der Waals surface area (Å²) in [6, 6.07) is 27.2. The molecule has 0 bridgehead atoms. The third kappa shape index (κ3) is 7.00. The summed E-state index contributed by atoms with van der Waals surface area (Å²) in [5.74, 6) is 1.66. The van der Waals surface area contributed by atoms with Gasteiger partial charge < -0.3 is 18.9 Å². The van der Waals surface area contributed by atoms with Gasteiger partial charge in [0.25, 0.3) is 5.56 Å². The summed E-state index contributed by atoms with van der Waals surface area (Å²) >= 11 is 4.87. The van der Waals surface area contributed by atoms with Crippen molar-refractivity contribution < 1.29 is 23.7 Å². The fraction of sp³-hybridized carbons (Fsp3) is 0.184. The topological polar surface area (TPSA) is 88.4 Å². The number of nitrogens with zero attached hydrogens (tertiary/aromatic N) is 2. The lowest BCUT2D eigenvalue weighted by Crippen LogP contribution is -2.40. The molecule has 0 saturated heterocycles. The quantitative estimate of drug-likeness (QED) is 0.0907. The number of allylic oxidation sites excluding steroid dienone is 1. The fourth-order valence-electron chi connectivity index (χ4n) is 5.41. The van der Waals surface area contributed by atoms with E-state index in [1.165, 1.54) is 16.9 Å². The smallest absolute Gasteiger partial charge is 0.343 e. The van der Waals surface area contributed by atoms with Crippen LogP contribution in [0.25, 0.3) is 6.08 Å². The van der Waals surface area contributed by atoms with Crippen molar-refractivity contribution in [3.8, 4) is 23.0 Å². The van der Waals surface area contributed by atoms with Crippen LogP contribution >= 0.6 is 27.3 Å². The first-order valence-electron chi connectivity index (χ1n) is 15.3. The summed E-state index contributed by atoms with van der Waals surface area (Å²) in [5.41, 5.74) is 4.38. The largest absolute Gasteiger partial charge is 0.493 e. The molecule has 0 N–H and O–H groups in total. The molecule has 1 aliphatic rings. The van der Waals surface area contributed by atoms with Crippen LogP contribution in [-0.4, -0.2) is 30.9 Å². The molecule has 4 aromatic carbocycles. The van der Waals surface area contributed by atoms with Gasteiger partial charge in [0.15, 0.2) is 16.3 Å². The van der Waals surface area contributed by atoms with Gasteiger partial charge in [-0.3, -0.25) is 9.36 Å². The number of esters is 1. The van der Waals surface area contributed by atoms with Crippen molar-refractivity contribution in [3.05, 3.63) is 149 Å². The number of hydrogen-bond donors (Lipinski definition) is 0. The summed E-state index contributed by atoms with van der Waals surface area (Å²) in [5, 5.41) is 0. The van der Waals surface area contributed by atoms with Crippen molar-refractivity contribution in [1.82, 2.24) is 4.57 Å². The number of para-hydroxylation sites is 1. The standard InChI is InChI=1S/C38H33BrN2O6S/c1-23-15-16-29(19-24(23)2)45-17-18-46-35-30(39)20-26(21-31(35)44-4)22-32-36(42)41-34(27-11-7-5-8-12-27)33(25(3)40-38(41)48-32)37(43)47-28-13-9-6-10-14-28/h5-16,19-22,34H,17-18H2,1-4H3/b32-22-. The average molecular weight is 726 g/mol. The Hall–Kier alpha value is -4.93. The summed E-state index contributed by atoms with van der Waals surface area (Å²) in [7, 11) is 1.57. The molecule has 0 amide bonds. The highest BCUT2D eigenvalue weighted by Crippen LogP contribution is 2.37. The second-order valence-electron chi connectivity index (χ2n) is 11.2. The number of thiazole rings is 1. The van der Waals surface area contributed by atoms with Crippen molar-refractivity contribution in [1.29, 1.82) is 0 Å². The van der Waals surface area contributed by atoms with Gasteiger partial charge in [-0.15, -0.1) is 0 Å². The van der Waals surface area contributed by atoms with Crippen LogP contribution in [0.2, 0.25) is 0 Å². The second kappa shape index (κ2) is 14.5. The number of aryl methyl sites for hydroxylation is 2. The van der Waals surface area contributed by atoms with Crippen molar-refractivity contribution >= 4 is 39.3 Å². The summed E-state index contributed by atoms with van der Waals surface area (Å²) < 4.78 is 26.0. The molecular formula is C38H33BrN2O6S. The van der Waals surface area contributed by atoms with Crippen LogP contribution < -0.4 is 33.8 Å². The average Bonchev–Trinajstić information content (AvgIpc) is 3.38. The summed E-state index contributed by atoms with van der Waals surface area (Å²) in [6.07, 6.45) is 1.78. The number of hydrogen-bond acceptors (Lipinski definition) is 8. The molecule has 0 aliphatic carbocycles. The molecule has 244 valence electrons. The minimum atomic E-state index is -0.719. The van der Waals surface area contributed by atoms with Crippen molar-refractivity contribution in [2.45, 2.75) is 26.8 Å². The molecule has 10 heteroatoms. The predicted molar refractivity (Wildman–Crippen MR) is 190 cm³/mol. The molecule has 0 fully saturated rings. The number of ether oxygens (including phenoxy) is 4. The van der Waals surface area contributed by atoms with Gasteiger partial charge in [0.2, 0.25) is 0 Å². The fourth-order valence-corrected chi connectivity index (χ4v) is 7.03. The van der Waals surface area contributed by atoms with Crippen molar-refractivity contribution in [3.63, 3.8) is 0 Å². The number of fused-ring (bicyclic) bond motifs is 1. The second-order valence-corrected chi connectivity index (χ2v) is 13.0. The molecule has 2 heterocycles. The maximum Gasteiger partial charge on any atom is 0.343 e. The van der Waals surface area contributed by atoms with E-state index in [2.05, 4.69) is 22.9 Å². The van der Waals surface area contributed by atoms with Gasteiger partial charge in [0.05, 0.1) is 33.4 Å². The molecule has 1 atom stereocenters. The molecule has 0 spiro atoms. The van der Waals surface area contributed by atoms with Crippen LogP contribution in [-0.2, 0) is 4.79 Å². The van der Waals surface area contributed by atoms with Crippen molar-refractivity contribution in [2.24, 2.45) is 4.99 Å². The Morgan fingerprint density at radius 1 is 0.896 bits per heavy atom. The van der Waals surface area contributed by atoms with Gasteiger partial charge in [-0.2, -0.15) is 0 Å². The van der Waals surface area contributed by atoms with Crippen LogP contribution in [0.4, 0.5) is 0 Å². The SMILES string of the molecule is COc1cc(/C=c2\sc3n(c2=O)C(c2ccccc2)C(C(=O)Oc2ccccc2)=C(C)N=3)cc(Br)c1OCCOc1ccc(C)c(C)c1. The zero-order chi connectivity index (χ0) is 33.8. The lowest BCUT2D eigenvalue weighted by atomic mass is 9.96. The highest BCUT2D eigenvalue weighted by Gasteiger charge is 2.33. The van der Waals surface area contributed by atoms with Crippen LogP contribution in [0, 0.1) is 13.8 Å². The Morgan fingerprint density at radius 3 is 2.31 bits per heavy atom. The molecule has 0 radical (unpaired) electrons. The van der Waals surface area contributed by atoms with E-state index in [1.807, 2.05) is 73.7 Å². The molecule has 6 rings (SSSR count). The highest BCUT2D eigenvalue weighted by atomic mass is 79.9. The van der Waals surface area contributed by atoms with Crippen LogP contribution in [0.15, 0.2) is 117 Å². The number of rotatable bonds is 10. The monoisotopic (exact) mass is 724 g/mol. The maximum atomic E-state index is 14.1. The zero-order valence-corrected chi connectivity index (χ0v) is 29.3. The lowest BCUT2D eigenvalue weighted by molar-refractivity contribution is -0.130. The number of benzene rings is 4. The molecular weight excluding hydrogens is 692 g/mol. The van der Waals surface area contributed by atoms with Gasteiger partial charge >= 0.3 is 5.97 Å². The summed E-state index contributed by atoms with van der Waals surface area (Å²) in [6.45, 7) is 6.53. The minimum absolute atomic E-state index is 0.274. The van der Waals surface area contributed by atoms with Crippen molar-refractivity contribution in [2.75, 3.05) is 20.3 Å². The van der Waals surface area contributed by atoms with Gasteiger partial charge in [-0.05, 0) is 101 Å². The van der Waals surface area contributed by atoms with Gasteiger partial charge in [0, 0.05) is 0 Å². The maximum absolute atomic E-state index is 14.1. The minimum Gasteiger partial charge on any atom is -0.493 e. The van der Waals surface area contributed by atoms with E-state index in [-0.39, 0.29) is 5.56 Å². The molecule has 1 aromatic heterocycles. The Morgan fingerprint density at radius 2 is 1.60 bits per heavy atom. The van der Waals surface area contributed by atoms with E-state index >= 15 is 0 Å². The summed E-state index contributed by atoms with van der Waals surface area (Å²) in [4.78, 5) is 32.9. The molecule has 0 saturated carbocycles. The first-order valence-corrected chi connectivity index (χ1v) is 16.9. The molecule has 1 unspecified atom stereocenters. The number of methoxy groups -OCH3 is 1. The van der Waals surface area contributed by atoms with E-state index in [0.717, 1.165) is 22.4 Å².